The maximum atomic E-state index is 13.7. The summed E-state index contributed by atoms with van der Waals surface area (Å²) in [6.07, 6.45) is 5.88. The fraction of sp³-hybridized carbons (Fsp3) is 0.171. The number of allylic oxidation sites excluding steroid dienone is 3. The number of anilines is 2. The van der Waals surface area contributed by atoms with Crippen molar-refractivity contribution >= 4 is 33.1 Å². The Morgan fingerprint density at radius 1 is 0.737 bits per heavy atom. The van der Waals surface area contributed by atoms with Crippen molar-refractivity contribution in [1.82, 2.24) is 4.57 Å². The molecule has 3 heteroatoms. The van der Waals surface area contributed by atoms with Gasteiger partial charge < -0.3 is 4.90 Å². The fourth-order valence-electron chi connectivity index (χ4n) is 6.37. The molecular formula is C35H30N2O. The van der Waals surface area contributed by atoms with E-state index in [4.69, 9.17) is 0 Å². The Bertz CT molecular complexity index is 1850. The monoisotopic (exact) mass is 494 g/mol. The van der Waals surface area contributed by atoms with Crippen LogP contribution in [-0.4, -0.2) is 4.57 Å². The smallest absolute Gasteiger partial charge is 0.263 e. The van der Waals surface area contributed by atoms with E-state index in [0.29, 0.717) is 5.92 Å². The molecule has 1 aliphatic carbocycles. The molecule has 0 radical (unpaired) electrons. The number of hydrogen-bond acceptors (Lipinski definition) is 2. The Morgan fingerprint density at radius 2 is 1.37 bits per heavy atom. The highest BCUT2D eigenvalue weighted by Gasteiger charge is 2.40. The molecule has 4 aromatic carbocycles. The zero-order valence-electron chi connectivity index (χ0n) is 22.0. The third kappa shape index (κ3) is 3.24. The van der Waals surface area contributed by atoms with Gasteiger partial charge in [-0.25, -0.2) is 0 Å². The first-order valence-corrected chi connectivity index (χ1v) is 13.4. The Morgan fingerprint density at radius 3 is 2.16 bits per heavy atom. The Balaban J connectivity index is 1.41. The molecule has 1 unspecified atom stereocenters. The molecule has 1 aliphatic heterocycles. The van der Waals surface area contributed by atoms with Crippen LogP contribution >= 0.6 is 0 Å². The van der Waals surface area contributed by atoms with Gasteiger partial charge in [0.25, 0.3) is 5.56 Å². The van der Waals surface area contributed by atoms with Gasteiger partial charge in [-0.15, -0.1) is 0 Å². The van der Waals surface area contributed by atoms with Gasteiger partial charge in [0.2, 0.25) is 0 Å². The lowest BCUT2D eigenvalue weighted by Crippen LogP contribution is -2.37. The van der Waals surface area contributed by atoms with Crippen LogP contribution < -0.4 is 10.5 Å². The average Bonchev–Trinajstić information content (AvgIpc) is 2.95. The summed E-state index contributed by atoms with van der Waals surface area (Å²) >= 11 is 0. The van der Waals surface area contributed by atoms with Gasteiger partial charge in [0, 0.05) is 33.3 Å². The molecule has 1 atom stereocenters. The predicted molar refractivity (Wildman–Crippen MR) is 159 cm³/mol. The molecule has 186 valence electrons. The van der Waals surface area contributed by atoms with Crippen LogP contribution in [0.25, 0.3) is 27.4 Å². The van der Waals surface area contributed by atoms with E-state index in [1.807, 2.05) is 47.0 Å². The molecule has 0 N–H and O–H groups in total. The number of aromatic nitrogens is 1. The van der Waals surface area contributed by atoms with Crippen molar-refractivity contribution in [3.63, 3.8) is 0 Å². The first-order chi connectivity index (χ1) is 18.4. The molecule has 38 heavy (non-hydrogen) atoms. The topological polar surface area (TPSA) is 25.2 Å². The number of pyridine rings is 1. The minimum Gasteiger partial charge on any atom is -0.310 e. The van der Waals surface area contributed by atoms with Gasteiger partial charge in [-0.1, -0.05) is 87.5 Å². The fourth-order valence-corrected chi connectivity index (χ4v) is 6.37. The highest BCUT2D eigenvalue weighted by atomic mass is 16.1. The van der Waals surface area contributed by atoms with Crippen LogP contribution in [0.4, 0.5) is 11.4 Å². The molecule has 0 amide bonds. The van der Waals surface area contributed by atoms with E-state index in [1.54, 1.807) is 0 Å². The average molecular weight is 495 g/mol. The summed E-state index contributed by atoms with van der Waals surface area (Å²) in [6, 6.07) is 33.2. The van der Waals surface area contributed by atoms with Crippen molar-refractivity contribution in [3.05, 3.63) is 136 Å². The van der Waals surface area contributed by atoms with Gasteiger partial charge in [0.1, 0.15) is 0 Å². The molecule has 2 aliphatic rings. The SMILES string of the molecule is CC1C=C2C(=CC1)N(c1ccc(-n3c(=O)c4ccccc4c4ccccc43)cc1)c1ccccc1C2(C)C. The first kappa shape index (κ1) is 22.8. The lowest BCUT2D eigenvalue weighted by Gasteiger charge is -2.46. The Hall–Kier alpha value is -4.37. The summed E-state index contributed by atoms with van der Waals surface area (Å²) < 4.78 is 1.85. The van der Waals surface area contributed by atoms with Crippen LogP contribution in [-0.2, 0) is 5.41 Å². The van der Waals surface area contributed by atoms with Crippen molar-refractivity contribution in [2.24, 2.45) is 5.92 Å². The van der Waals surface area contributed by atoms with Crippen LogP contribution in [0.2, 0.25) is 0 Å². The standard InChI is InChI=1S/C35H30N2O/c1-23-16-21-33-30(22-23)35(2,3)29-13-7-9-15-32(29)36(33)24-17-19-25(20-18-24)37-31-14-8-6-11-27(31)26-10-4-5-12-28(26)34(37)38/h4-15,17-23H,16H2,1-3H3. The predicted octanol–water partition coefficient (Wildman–Crippen LogP) is 8.42. The zero-order chi connectivity index (χ0) is 26.0. The number of hydrogen-bond donors (Lipinski definition) is 0. The van der Waals surface area contributed by atoms with Crippen LogP contribution in [0.15, 0.2) is 125 Å². The van der Waals surface area contributed by atoms with E-state index in [1.165, 1.54) is 22.5 Å². The Labute approximate surface area is 223 Å². The second-order valence-electron chi connectivity index (χ2n) is 11.1. The normalized spacial score (nSPS) is 18.1. The Kier molecular flexibility index (Phi) is 4.99. The summed E-state index contributed by atoms with van der Waals surface area (Å²) in [5.74, 6) is 0.524. The van der Waals surface area contributed by atoms with E-state index in [0.717, 1.165) is 39.5 Å². The second kappa shape index (κ2) is 8.32. The molecule has 0 saturated carbocycles. The van der Waals surface area contributed by atoms with Gasteiger partial charge in [-0.3, -0.25) is 9.36 Å². The van der Waals surface area contributed by atoms with Gasteiger partial charge >= 0.3 is 0 Å². The molecule has 0 spiro atoms. The molecule has 0 fully saturated rings. The molecular weight excluding hydrogens is 464 g/mol. The van der Waals surface area contributed by atoms with E-state index < -0.39 is 0 Å². The van der Waals surface area contributed by atoms with E-state index >= 15 is 0 Å². The van der Waals surface area contributed by atoms with Crippen molar-refractivity contribution in [1.29, 1.82) is 0 Å². The maximum Gasteiger partial charge on any atom is 0.263 e. The number of rotatable bonds is 2. The summed E-state index contributed by atoms with van der Waals surface area (Å²) in [6.45, 7) is 6.96. The molecule has 2 heterocycles. The molecule has 7 rings (SSSR count). The van der Waals surface area contributed by atoms with Gasteiger partial charge in [-0.05, 0) is 71.3 Å². The van der Waals surface area contributed by atoms with Gasteiger partial charge in [0.05, 0.1) is 11.2 Å². The minimum absolute atomic E-state index is 0.00585. The lowest BCUT2D eigenvalue weighted by molar-refractivity contribution is 0.582. The van der Waals surface area contributed by atoms with Crippen molar-refractivity contribution in [2.75, 3.05) is 4.90 Å². The van der Waals surface area contributed by atoms with Crippen LogP contribution in [0.1, 0.15) is 32.8 Å². The number of nitrogens with zero attached hydrogens (tertiary/aromatic N) is 2. The van der Waals surface area contributed by atoms with Crippen LogP contribution in [0.5, 0.6) is 0 Å². The summed E-state index contributed by atoms with van der Waals surface area (Å²) in [7, 11) is 0. The van der Waals surface area contributed by atoms with Crippen LogP contribution in [0, 0.1) is 5.92 Å². The minimum atomic E-state index is -0.0646. The van der Waals surface area contributed by atoms with Gasteiger partial charge in [0.15, 0.2) is 0 Å². The highest BCUT2D eigenvalue weighted by molar-refractivity contribution is 6.06. The molecule has 5 aromatic rings. The van der Waals surface area contributed by atoms with Crippen LogP contribution in [0.3, 0.4) is 0 Å². The third-order valence-electron chi connectivity index (χ3n) is 8.30. The lowest BCUT2D eigenvalue weighted by atomic mass is 9.69. The molecule has 0 bridgehead atoms. The van der Waals surface area contributed by atoms with E-state index in [9.17, 15) is 4.79 Å². The van der Waals surface area contributed by atoms with E-state index in [-0.39, 0.29) is 11.0 Å². The molecule has 3 nitrogen and oxygen atoms in total. The number of benzene rings is 4. The number of para-hydroxylation sites is 2. The first-order valence-electron chi connectivity index (χ1n) is 13.4. The summed E-state index contributed by atoms with van der Waals surface area (Å²) in [5.41, 5.74) is 8.04. The quantitative estimate of drug-likeness (QED) is 0.230. The third-order valence-corrected chi connectivity index (χ3v) is 8.30. The zero-order valence-corrected chi connectivity index (χ0v) is 22.0. The van der Waals surface area contributed by atoms with Gasteiger partial charge in [-0.2, -0.15) is 0 Å². The van der Waals surface area contributed by atoms with E-state index in [2.05, 4.69) is 92.4 Å². The number of fused-ring (bicyclic) bond motifs is 5. The van der Waals surface area contributed by atoms with Crippen molar-refractivity contribution in [3.8, 4) is 5.69 Å². The summed E-state index contributed by atoms with van der Waals surface area (Å²) in [5, 5.41) is 2.81. The summed E-state index contributed by atoms with van der Waals surface area (Å²) in [4.78, 5) is 16.1. The van der Waals surface area contributed by atoms with Crippen molar-refractivity contribution in [2.45, 2.75) is 32.6 Å². The largest absolute Gasteiger partial charge is 0.310 e. The molecule has 0 saturated heterocycles. The molecule has 1 aromatic heterocycles. The maximum absolute atomic E-state index is 13.7. The van der Waals surface area contributed by atoms with Crippen molar-refractivity contribution < 1.29 is 0 Å². The second-order valence-corrected chi connectivity index (χ2v) is 11.1. The highest BCUT2D eigenvalue weighted by Crippen LogP contribution is 2.52.